The third-order valence-electron chi connectivity index (χ3n) is 2.73. The summed E-state index contributed by atoms with van der Waals surface area (Å²) in [5.41, 5.74) is 0. The molecule has 0 radical (unpaired) electrons. The van der Waals surface area contributed by atoms with Crippen molar-refractivity contribution in [3.8, 4) is 0 Å². The van der Waals surface area contributed by atoms with Gasteiger partial charge in [0.1, 0.15) is 0 Å². The van der Waals surface area contributed by atoms with E-state index in [4.69, 9.17) is 18.9 Å². The van der Waals surface area contributed by atoms with Gasteiger partial charge in [-0.15, -0.1) is 0 Å². The van der Waals surface area contributed by atoms with E-state index in [0.29, 0.717) is 26.4 Å². The Kier molecular flexibility index (Phi) is 27.3. The highest BCUT2D eigenvalue weighted by Gasteiger charge is 1.91. The van der Waals surface area contributed by atoms with Crippen LogP contribution in [0.1, 0.15) is 59.3 Å². The molecule has 0 aliphatic rings. The van der Waals surface area contributed by atoms with Crippen LogP contribution in [0.2, 0.25) is 0 Å². The lowest BCUT2D eigenvalue weighted by molar-refractivity contribution is 0.0136. The number of hydrogen-bond donors (Lipinski definition) is 0. The second-order valence-electron chi connectivity index (χ2n) is 4.89. The second-order valence-corrected chi connectivity index (χ2v) is 4.89. The molecule has 0 unspecified atom stereocenters. The van der Waals surface area contributed by atoms with E-state index in [-0.39, 0.29) is 0 Å². The van der Waals surface area contributed by atoms with Crippen LogP contribution in [0, 0.1) is 0 Å². The molecule has 0 aliphatic heterocycles. The van der Waals surface area contributed by atoms with Crippen LogP contribution in [0.15, 0.2) is 0 Å². The van der Waals surface area contributed by atoms with Gasteiger partial charge in [0.15, 0.2) is 0 Å². The zero-order valence-corrected chi connectivity index (χ0v) is 14.8. The highest BCUT2D eigenvalue weighted by Crippen LogP contribution is 1.89. The van der Waals surface area contributed by atoms with Crippen LogP contribution in [-0.4, -0.2) is 53.4 Å². The molecule has 0 N–H and O–H groups in total. The van der Waals surface area contributed by atoms with Gasteiger partial charge in [-0.2, -0.15) is 0 Å². The smallest absolute Gasteiger partial charge is 0.0701 e. The lowest BCUT2D eigenvalue weighted by Gasteiger charge is -2.06. The summed E-state index contributed by atoms with van der Waals surface area (Å²) >= 11 is 0. The molecular formula is C17H38O4. The van der Waals surface area contributed by atoms with Crippen molar-refractivity contribution in [1.29, 1.82) is 0 Å². The molecule has 0 aliphatic carbocycles. The quantitative estimate of drug-likeness (QED) is 0.427. The molecule has 0 aromatic heterocycles. The molecule has 4 heteroatoms. The van der Waals surface area contributed by atoms with E-state index in [1.165, 1.54) is 25.7 Å². The fraction of sp³-hybridized carbons (Fsp3) is 1.00. The van der Waals surface area contributed by atoms with Crippen molar-refractivity contribution in [3.63, 3.8) is 0 Å². The van der Waals surface area contributed by atoms with E-state index in [1.54, 1.807) is 7.11 Å². The molecule has 0 amide bonds. The van der Waals surface area contributed by atoms with Gasteiger partial charge in [0, 0.05) is 26.9 Å². The number of ether oxygens (including phenoxy) is 4. The Morgan fingerprint density at radius 2 is 0.810 bits per heavy atom. The molecule has 0 atom stereocenters. The van der Waals surface area contributed by atoms with Crippen LogP contribution in [0.4, 0.5) is 0 Å². The van der Waals surface area contributed by atoms with Crippen molar-refractivity contribution in [2.75, 3.05) is 53.4 Å². The Balaban J connectivity index is 0. The van der Waals surface area contributed by atoms with Crippen LogP contribution in [0.25, 0.3) is 0 Å². The maximum atomic E-state index is 5.35. The lowest BCUT2D eigenvalue weighted by atomic mass is 10.4. The third-order valence-corrected chi connectivity index (χ3v) is 2.73. The highest BCUT2D eigenvalue weighted by atomic mass is 16.5. The predicted molar refractivity (Wildman–Crippen MR) is 89.1 cm³/mol. The Hall–Kier alpha value is -0.160. The van der Waals surface area contributed by atoms with Gasteiger partial charge in [-0.1, -0.05) is 40.0 Å². The molecule has 0 rings (SSSR count). The van der Waals surface area contributed by atoms with Crippen molar-refractivity contribution >= 4 is 0 Å². The molecule has 0 aromatic rings. The average molecular weight is 306 g/mol. The summed E-state index contributed by atoms with van der Waals surface area (Å²) in [6.07, 6.45) is 7.07. The van der Waals surface area contributed by atoms with Crippen molar-refractivity contribution in [2.24, 2.45) is 0 Å². The molecule has 0 fully saturated rings. The highest BCUT2D eigenvalue weighted by molar-refractivity contribution is 4.36. The molecule has 4 nitrogen and oxygen atoms in total. The molecule has 0 aromatic carbocycles. The molecular weight excluding hydrogens is 268 g/mol. The fourth-order valence-corrected chi connectivity index (χ4v) is 1.32. The fourth-order valence-electron chi connectivity index (χ4n) is 1.32. The van der Waals surface area contributed by atoms with Gasteiger partial charge in [-0.25, -0.2) is 0 Å². The molecule has 0 saturated heterocycles. The average Bonchev–Trinajstić information content (AvgIpc) is 2.51. The summed E-state index contributed by atoms with van der Waals surface area (Å²) in [5, 5.41) is 0. The minimum absolute atomic E-state index is 0.681. The van der Waals surface area contributed by atoms with E-state index in [9.17, 15) is 0 Å². The minimum atomic E-state index is 0.681. The monoisotopic (exact) mass is 306 g/mol. The number of rotatable bonds is 15. The van der Waals surface area contributed by atoms with Gasteiger partial charge < -0.3 is 18.9 Å². The summed E-state index contributed by atoms with van der Waals surface area (Å²) in [6.45, 7) is 11.9. The largest absolute Gasteiger partial charge is 0.385 e. The van der Waals surface area contributed by atoms with Gasteiger partial charge in [0.05, 0.1) is 26.4 Å². The normalized spacial score (nSPS) is 10.3. The predicted octanol–water partition coefficient (Wildman–Crippen LogP) is 4.07. The van der Waals surface area contributed by atoms with Crippen molar-refractivity contribution in [3.05, 3.63) is 0 Å². The van der Waals surface area contributed by atoms with Gasteiger partial charge in [-0.05, 0) is 19.3 Å². The zero-order valence-electron chi connectivity index (χ0n) is 14.8. The molecule has 130 valence electrons. The van der Waals surface area contributed by atoms with E-state index in [0.717, 1.165) is 32.7 Å². The Morgan fingerprint density at radius 1 is 0.476 bits per heavy atom. The topological polar surface area (TPSA) is 36.9 Å². The van der Waals surface area contributed by atoms with Crippen molar-refractivity contribution in [1.82, 2.24) is 0 Å². The molecule has 0 heterocycles. The Labute approximate surface area is 132 Å². The second kappa shape index (κ2) is 24.8. The number of methoxy groups -OCH3 is 1. The molecule has 0 spiro atoms. The van der Waals surface area contributed by atoms with Gasteiger partial charge >= 0.3 is 0 Å². The summed E-state index contributed by atoms with van der Waals surface area (Å²) in [4.78, 5) is 0. The molecule has 21 heavy (non-hydrogen) atoms. The third kappa shape index (κ3) is 28.7. The van der Waals surface area contributed by atoms with E-state index in [2.05, 4.69) is 20.8 Å². The van der Waals surface area contributed by atoms with Gasteiger partial charge in [-0.3, -0.25) is 0 Å². The molecule has 0 saturated carbocycles. The van der Waals surface area contributed by atoms with E-state index < -0.39 is 0 Å². The maximum absolute atomic E-state index is 5.35. The summed E-state index contributed by atoms with van der Waals surface area (Å²) < 4.78 is 20.8. The minimum Gasteiger partial charge on any atom is -0.385 e. The van der Waals surface area contributed by atoms with E-state index in [1.807, 2.05) is 0 Å². The van der Waals surface area contributed by atoms with Crippen LogP contribution in [0.5, 0.6) is 0 Å². The van der Waals surface area contributed by atoms with Gasteiger partial charge in [0.25, 0.3) is 0 Å². The van der Waals surface area contributed by atoms with Crippen LogP contribution in [-0.2, 0) is 18.9 Å². The van der Waals surface area contributed by atoms with E-state index >= 15 is 0 Å². The standard InChI is InChI=1S/C12H26O3.C5H12O/c1-3-5-7-13-9-11-15-12-10-14-8-6-4-2;1-3-4-5-6-2/h3-12H2,1-2H3;3-5H2,1-2H3. The lowest BCUT2D eigenvalue weighted by Crippen LogP contribution is -2.10. The first kappa shape index (κ1) is 23.1. The summed E-state index contributed by atoms with van der Waals surface area (Å²) in [5.74, 6) is 0. The molecule has 0 bridgehead atoms. The SMILES string of the molecule is CCCCOC.CCCCOCCOCCOCCCC. The maximum Gasteiger partial charge on any atom is 0.0701 e. The summed E-state index contributed by atoms with van der Waals surface area (Å²) in [6, 6.07) is 0. The van der Waals surface area contributed by atoms with Crippen LogP contribution in [0.3, 0.4) is 0 Å². The van der Waals surface area contributed by atoms with Crippen LogP contribution >= 0.6 is 0 Å². The van der Waals surface area contributed by atoms with Crippen molar-refractivity contribution in [2.45, 2.75) is 59.3 Å². The van der Waals surface area contributed by atoms with Crippen molar-refractivity contribution < 1.29 is 18.9 Å². The number of unbranched alkanes of at least 4 members (excludes halogenated alkanes) is 3. The first-order chi connectivity index (χ1) is 10.3. The van der Waals surface area contributed by atoms with Gasteiger partial charge in [0.2, 0.25) is 0 Å². The first-order valence-corrected chi connectivity index (χ1v) is 8.55. The van der Waals surface area contributed by atoms with Crippen LogP contribution < -0.4 is 0 Å². The first-order valence-electron chi connectivity index (χ1n) is 8.55. The summed E-state index contributed by atoms with van der Waals surface area (Å²) in [7, 11) is 1.73. The Bertz CT molecular complexity index is 138. The zero-order chi connectivity index (χ0) is 16.0. The number of hydrogen-bond acceptors (Lipinski definition) is 4. The Morgan fingerprint density at radius 3 is 1.10 bits per heavy atom.